The molecule has 3 heteroatoms. The fraction of sp³-hybridized carbons (Fsp3) is 0.571. The van der Waals surface area contributed by atoms with Gasteiger partial charge in [-0.25, -0.2) is 0 Å². The quantitative estimate of drug-likeness (QED) is 0.775. The Bertz CT molecular complexity index is 393. The lowest BCUT2D eigenvalue weighted by molar-refractivity contribution is 0.263. The molecule has 0 spiro atoms. The van der Waals surface area contributed by atoms with Crippen molar-refractivity contribution in [2.24, 2.45) is 0 Å². The molecule has 2 heterocycles. The second kappa shape index (κ2) is 4.22. The zero-order chi connectivity index (χ0) is 11.8. The Morgan fingerprint density at radius 2 is 1.76 bits per heavy atom. The van der Waals surface area contributed by atoms with Crippen LogP contribution < -0.4 is 9.64 Å². The Labute approximate surface area is 103 Å². The summed E-state index contributed by atoms with van der Waals surface area (Å²) in [5.41, 5.74) is 1.27. The number of likely N-dealkylation sites (N-methyl/N-ethyl adjacent to an activating group) is 1. The van der Waals surface area contributed by atoms with Crippen molar-refractivity contribution in [3.05, 3.63) is 24.3 Å². The van der Waals surface area contributed by atoms with Gasteiger partial charge in [-0.3, -0.25) is 0 Å². The van der Waals surface area contributed by atoms with Crippen molar-refractivity contribution in [2.45, 2.75) is 24.9 Å². The first-order valence-electron chi connectivity index (χ1n) is 6.39. The lowest BCUT2D eigenvalue weighted by Gasteiger charge is -2.41. The van der Waals surface area contributed by atoms with Gasteiger partial charge in [-0.05, 0) is 32.0 Å². The molecular formula is C14H20N2O. The van der Waals surface area contributed by atoms with Gasteiger partial charge in [0, 0.05) is 25.2 Å². The van der Waals surface area contributed by atoms with E-state index < -0.39 is 0 Å². The summed E-state index contributed by atoms with van der Waals surface area (Å²) >= 11 is 0. The van der Waals surface area contributed by atoms with E-state index in [1.54, 1.807) is 7.11 Å². The lowest BCUT2D eigenvalue weighted by atomic mass is 10.1. The van der Waals surface area contributed by atoms with Crippen LogP contribution in [0.5, 0.6) is 5.75 Å². The normalized spacial score (nSPS) is 28.5. The highest BCUT2D eigenvalue weighted by molar-refractivity contribution is 5.61. The number of benzene rings is 1. The van der Waals surface area contributed by atoms with E-state index in [4.69, 9.17) is 4.74 Å². The first kappa shape index (κ1) is 10.9. The van der Waals surface area contributed by atoms with Crippen molar-refractivity contribution >= 4 is 5.69 Å². The second-order valence-corrected chi connectivity index (χ2v) is 5.19. The number of nitrogens with zero attached hydrogens (tertiary/aromatic N) is 2. The summed E-state index contributed by atoms with van der Waals surface area (Å²) in [6.07, 6.45) is 2.63. The molecule has 2 fully saturated rings. The molecule has 2 aliphatic rings. The third kappa shape index (κ3) is 1.78. The molecule has 0 saturated carbocycles. The fourth-order valence-electron chi connectivity index (χ4n) is 3.35. The molecule has 3 rings (SSSR count). The van der Waals surface area contributed by atoms with Gasteiger partial charge in [0.2, 0.25) is 0 Å². The van der Waals surface area contributed by atoms with Crippen LogP contribution in [-0.2, 0) is 0 Å². The smallest absolute Gasteiger partial charge is 0.142 e. The van der Waals surface area contributed by atoms with Gasteiger partial charge in [0.15, 0.2) is 0 Å². The molecule has 17 heavy (non-hydrogen) atoms. The minimum absolute atomic E-state index is 0.662. The largest absolute Gasteiger partial charge is 0.495 e. The van der Waals surface area contributed by atoms with Crippen LogP contribution in [0.2, 0.25) is 0 Å². The molecule has 0 radical (unpaired) electrons. The van der Waals surface area contributed by atoms with Crippen LogP contribution in [-0.4, -0.2) is 44.2 Å². The Hall–Kier alpha value is -1.22. The number of methoxy groups -OCH3 is 1. The second-order valence-electron chi connectivity index (χ2n) is 5.19. The van der Waals surface area contributed by atoms with Crippen LogP contribution in [0.3, 0.4) is 0 Å². The van der Waals surface area contributed by atoms with Crippen LogP contribution in [0.15, 0.2) is 24.3 Å². The Balaban J connectivity index is 1.94. The molecule has 1 aromatic carbocycles. The maximum Gasteiger partial charge on any atom is 0.142 e. The zero-order valence-electron chi connectivity index (χ0n) is 10.6. The van der Waals surface area contributed by atoms with Crippen molar-refractivity contribution in [3.63, 3.8) is 0 Å². The molecule has 2 unspecified atom stereocenters. The molecule has 2 atom stereocenters. The van der Waals surface area contributed by atoms with E-state index in [0.717, 1.165) is 5.75 Å². The highest BCUT2D eigenvalue weighted by atomic mass is 16.5. The fourth-order valence-corrected chi connectivity index (χ4v) is 3.35. The minimum Gasteiger partial charge on any atom is -0.495 e. The number of fused-ring (bicyclic) bond motifs is 2. The van der Waals surface area contributed by atoms with Crippen LogP contribution in [0.25, 0.3) is 0 Å². The van der Waals surface area contributed by atoms with Crippen LogP contribution >= 0.6 is 0 Å². The number of para-hydroxylation sites is 2. The Morgan fingerprint density at radius 1 is 1.12 bits per heavy atom. The highest BCUT2D eigenvalue weighted by Crippen LogP contribution is 2.38. The van der Waals surface area contributed by atoms with Crippen molar-refractivity contribution in [3.8, 4) is 5.75 Å². The average molecular weight is 232 g/mol. The molecule has 2 aliphatic heterocycles. The lowest BCUT2D eigenvalue weighted by Crippen LogP contribution is -2.52. The van der Waals surface area contributed by atoms with E-state index in [1.165, 1.54) is 31.6 Å². The van der Waals surface area contributed by atoms with Crippen LogP contribution in [0.1, 0.15) is 12.8 Å². The zero-order valence-corrected chi connectivity index (χ0v) is 10.6. The number of hydrogen-bond donors (Lipinski definition) is 0. The first-order valence-corrected chi connectivity index (χ1v) is 6.39. The van der Waals surface area contributed by atoms with E-state index in [2.05, 4.69) is 35.0 Å². The third-order valence-corrected chi connectivity index (χ3v) is 4.03. The minimum atomic E-state index is 0.662. The SMILES string of the molecule is COc1ccccc1N1C2CCC1CN(C)C2. The molecule has 0 N–H and O–H groups in total. The molecule has 92 valence electrons. The summed E-state index contributed by atoms with van der Waals surface area (Å²) < 4.78 is 5.49. The van der Waals surface area contributed by atoms with Gasteiger partial charge >= 0.3 is 0 Å². The maximum atomic E-state index is 5.49. The number of likely N-dealkylation sites (tertiary alicyclic amines) is 1. The predicted molar refractivity (Wildman–Crippen MR) is 69.8 cm³/mol. The summed E-state index contributed by atoms with van der Waals surface area (Å²) in [7, 11) is 3.99. The molecule has 1 aromatic rings. The Kier molecular flexibility index (Phi) is 2.71. The third-order valence-electron chi connectivity index (χ3n) is 4.03. The van der Waals surface area contributed by atoms with Gasteiger partial charge in [0.05, 0.1) is 12.8 Å². The predicted octanol–water partition coefficient (Wildman–Crippen LogP) is 1.98. The summed E-state index contributed by atoms with van der Waals surface area (Å²) in [6.45, 7) is 2.35. The Morgan fingerprint density at radius 3 is 2.41 bits per heavy atom. The maximum absolute atomic E-state index is 5.49. The van der Waals surface area contributed by atoms with Gasteiger partial charge in [0.25, 0.3) is 0 Å². The van der Waals surface area contributed by atoms with Gasteiger partial charge in [-0.2, -0.15) is 0 Å². The molecule has 0 aromatic heterocycles. The number of hydrogen-bond acceptors (Lipinski definition) is 3. The van der Waals surface area contributed by atoms with Gasteiger partial charge in [-0.15, -0.1) is 0 Å². The highest BCUT2D eigenvalue weighted by Gasteiger charge is 2.39. The standard InChI is InChI=1S/C14H20N2O/c1-15-9-11-7-8-12(10-15)16(11)13-5-3-4-6-14(13)17-2/h3-6,11-12H,7-10H2,1-2H3. The summed E-state index contributed by atoms with van der Waals surface area (Å²) in [6, 6.07) is 9.73. The molecule has 2 saturated heterocycles. The molecule has 0 aliphatic carbocycles. The molecule has 2 bridgehead atoms. The van der Waals surface area contributed by atoms with E-state index in [0.29, 0.717) is 12.1 Å². The number of rotatable bonds is 2. The molecule has 3 nitrogen and oxygen atoms in total. The number of piperazine rings is 1. The number of ether oxygens (including phenoxy) is 1. The molecular weight excluding hydrogens is 212 g/mol. The van der Waals surface area contributed by atoms with Crippen molar-refractivity contribution in [1.29, 1.82) is 0 Å². The van der Waals surface area contributed by atoms with Gasteiger partial charge in [-0.1, -0.05) is 12.1 Å². The van der Waals surface area contributed by atoms with E-state index in [-0.39, 0.29) is 0 Å². The summed E-state index contributed by atoms with van der Waals surface area (Å²) in [5.74, 6) is 1.01. The molecule has 0 amide bonds. The number of anilines is 1. The first-order chi connectivity index (χ1) is 8.29. The van der Waals surface area contributed by atoms with Crippen molar-refractivity contribution in [2.75, 3.05) is 32.1 Å². The summed E-state index contributed by atoms with van der Waals surface area (Å²) in [4.78, 5) is 5.03. The monoisotopic (exact) mass is 232 g/mol. The summed E-state index contributed by atoms with van der Waals surface area (Å²) in [5, 5.41) is 0. The van der Waals surface area contributed by atoms with Crippen LogP contribution in [0.4, 0.5) is 5.69 Å². The van der Waals surface area contributed by atoms with Crippen molar-refractivity contribution in [1.82, 2.24) is 4.90 Å². The topological polar surface area (TPSA) is 15.7 Å². The van der Waals surface area contributed by atoms with E-state index in [9.17, 15) is 0 Å². The van der Waals surface area contributed by atoms with E-state index in [1.807, 2.05) is 6.07 Å². The van der Waals surface area contributed by atoms with Gasteiger partial charge < -0.3 is 14.5 Å². The average Bonchev–Trinajstić information content (AvgIpc) is 2.61. The van der Waals surface area contributed by atoms with Gasteiger partial charge in [0.1, 0.15) is 5.75 Å². The van der Waals surface area contributed by atoms with E-state index >= 15 is 0 Å². The van der Waals surface area contributed by atoms with Crippen LogP contribution in [0, 0.1) is 0 Å². The van der Waals surface area contributed by atoms with Crippen molar-refractivity contribution < 1.29 is 4.74 Å².